The molecule has 0 aliphatic carbocycles. The maximum atomic E-state index is 12.8. The highest BCUT2D eigenvalue weighted by atomic mass is 35.5. The topological polar surface area (TPSA) is 56.1 Å². The number of rotatable bonds is 5. The Morgan fingerprint density at radius 2 is 1.72 bits per heavy atom. The molecule has 1 aliphatic heterocycles. The molecule has 29 heavy (non-hydrogen) atoms. The lowest BCUT2D eigenvalue weighted by Crippen LogP contribution is -2.40. The van der Waals surface area contributed by atoms with Crippen molar-refractivity contribution in [2.24, 2.45) is 0 Å². The summed E-state index contributed by atoms with van der Waals surface area (Å²) < 4.78 is 6.85. The lowest BCUT2D eigenvalue weighted by atomic mass is 9.74. The Balaban J connectivity index is 1.60. The summed E-state index contributed by atoms with van der Waals surface area (Å²) in [5.41, 5.74) is 1.95. The number of ether oxygens (including phenoxy) is 1. The fourth-order valence-electron chi connectivity index (χ4n) is 3.71. The number of hydrogen-bond donors (Lipinski definition) is 1. The Morgan fingerprint density at radius 1 is 1.03 bits per heavy atom. The number of benzene rings is 2. The summed E-state index contributed by atoms with van der Waals surface area (Å²) in [4.78, 5) is 12.8. The molecule has 0 saturated carbocycles. The fraction of sp³-hybridized carbons (Fsp3) is 0.273. The first kappa shape index (κ1) is 20.0. The van der Waals surface area contributed by atoms with Gasteiger partial charge in [0.2, 0.25) is 0 Å². The SMILES string of the molecule is O=c1c(Cl)c(NCC2(c3ccccc3)CCOCC2)cnn1-c1ccc(Cl)cc1. The normalized spacial score (nSPS) is 15.8. The van der Waals surface area contributed by atoms with Gasteiger partial charge in [0.05, 0.1) is 17.6 Å². The zero-order chi connectivity index (χ0) is 20.3. The Morgan fingerprint density at radius 3 is 2.41 bits per heavy atom. The highest BCUT2D eigenvalue weighted by molar-refractivity contribution is 6.33. The predicted molar refractivity (Wildman–Crippen MR) is 117 cm³/mol. The summed E-state index contributed by atoms with van der Waals surface area (Å²) in [5.74, 6) is 0. The van der Waals surface area contributed by atoms with Gasteiger partial charge in [0.25, 0.3) is 5.56 Å². The van der Waals surface area contributed by atoms with Crippen LogP contribution >= 0.6 is 23.2 Å². The molecule has 0 unspecified atom stereocenters. The van der Waals surface area contributed by atoms with Gasteiger partial charge < -0.3 is 10.1 Å². The fourth-order valence-corrected chi connectivity index (χ4v) is 4.03. The van der Waals surface area contributed by atoms with Crippen LogP contribution in [-0.2, 0) is 10.2 Å². The van der Waals surface area contributed by atoms with Crippen molar-refractivity contribution >= 4 is 28.9 Å². The number of anilines is 1. The molecule has 7 heteroatoms. The van der Waals surface area contributed by atoms with Gasteiger partial charge in [-0.15, -0.1) is 0 Å². The molecule has 1 aliphatic rings. The summed E-state index contributed by atoms with van der Waals surface area (Å²) >= 11 is 12.3. The van der Waals surface area contributed by atoms with Crippen LogP contribution in [0.15, 0.2) is 65.6 Å². The van der Waals surface area contributed by atoms with Crippen molar-refractivity contribution in [1.82, 2.24) is 9.78 Å². The summed E-state index contributed by atoms with van der Waals surface area (Å²) in [6, 6.07) is 17.3. The third-order valence-corrected chi connectivity index (χ3v) is 6.06. The van der Waals surface area contributed by atoms with E-state index < -0.39 is 0 Å². The molecule has 0 spiro atoms. The van der Waals surface area contributed by atoms with Crippen LogP contribution in [0.5, 0.6) is 0 Å². The van der Waals surface area contributed by atoms with Gasteiger partial charge in [0, 0.05) is 30.2 Å². The molecule has 1 fully saturated rings. The van der Waals surface area contributed by atoms with E-state index in [1.807, 2.05) is 18.2 Å². The second-order valence-corrected chi connectivity index (χ2v) is 7.99. The molecule has 1 saturated heterocycles. The van der Waals surface area contributed by atoms with E-state index in [4.69, 9.17) is 27.9 Å². The molecule has 1 aromatic heterocycles. The molecule has 2 aromatic carbocycles. The number of nitrogens with one attached hydrogen (secondary N) is 1. The molecule has 2 heterocycles. The maximum Gasteiger partial charge on any atom is 0.292 e. The first-order valence-electron chi connectivity index (χ1n) is 9.50. The molecular weight excluding hydrogens is 409 g/mol. The van der Waals surface area contributed by atoms with Crippen LogP contribution in [0.25, 0.3) is 5.69 Å². The average Bonchev–Trinajstić information content (AvgIpc) is 2.77. The van der Waals surface area contributed by atoms with Gasteiger partial charge in [-0.05, 0) is 42.7 Å². The molecule has 4 rings (SSSR count). The number of hydrogen-bond acceptors (Lipinski definition) is 4. The minimum absolute atomic E-state index is 0.0755. The summed E-state index contributed by atoms with van der Waals surface area (Å²) in [6.07, 6.45) is 3.39. The van der Waals surface area contributed by atoms with Crippen molar-refractivity contribution in [2.75, 3.05) is 25.1 Å². The number of halogens is 2. The largest absolute Gasteiger partial charge is 0.381 e. The summed E-state index contributed by atoms with van der Waals surface area (Å²) in [7, 11) is 0. The van der Waals surface area contributed by atoms with Crippen LogP contribution in [0.4, 0.5) is 5.69 Å². The van der Waals surface area contributed by atoms with Gasteiger partial charge in [0.1, 0.15) is 5.02 Å². The van der Waals surface area contributed by atoms with Crippen molar-refractivity contribution in [3.8, 4) is 5.69 Å². The van der Waals surface area contributed by atoms with Crippen LogP contribution in [0.3, 0.4) is 0 Å². The first-order chi connectivity index (χ1) is 14.1. The van der Waals surface area contributed by atoms with E-state index in [1.165, 1.54) is 10.2 Å². The van der Waals surface area contributed by atoms with Crippen molar-refractivity contribution in [1.29, 1.82) is 0 Å². The minimum atomic E-state index is -0.375. The van der Waals surface area contributed by atoms with Gasteiger partial charge in [-0.1, -0.05) is 53.5 Å². The van der Waals surface area contributed by atoms with Crippen LogP contribution in [0.2, 0.25) is 10.0 Å². The van der Waals surface area contributed by atoms with Gasteiger partial charge in [-0.3, -0.25) is 4.79 Å². The molecule has 0 amide bonds. The Labute approximate surface area is 179 Å². The van der Waals surface area contributed by atoms with E-state index >= 15 is 0 Å². The van der Waals surface area contributed by atoms with Gasteiger partial charge in [-0.2, -0.15) is 9.78 Å². The molecule has 150 valence electrons. The Kier molecular flexibility index (Phi) is 5.90. The smallest absolute Gasteiger partial charge is 0.292 e. The van der Waals surface area contributed by atoms with E-state index in [0.29, 0.717) is 36.2 Å². The lowest BCUT2D eigenvalue weighted by Gasteiger charge is -2.38. The molecule has 5 nitrogen and oxygen atoms in total. The quantitative estimate of drug-likeness (QED) is 0.638. The Hall–Kier alpha value is -2.34. The third-order valence-electron chi connectivity index (χ3n) is 5.44. The summed E-state index contributed by atoms with van der Waals surface area (Å²) in [6.45, 7) is 2.06. The first-order valence-corrected chi connectivity index (χ1v) is 10.3. The van der Waals surface area contributed by atoms with Crippen LogP contribution in [-0.4, -0.2) is 29.5 Å². The molecule has 1 N–H and O–H groups in total. The van der Waals surface area contributed by atoms with Gasteiger partial charge in [0.15, 0.2) is 0 Å². The van der Waals surface area contributed by atoms with Crippen LogP contribution < -0.4 is 10.9 Å². The monoisotopic (exact) mass is 429 g/mol. The number of nitrogens with zero attached hydrogens (tertiary/aromatic N) is 2. The zero-order valence-electron chi connectivity index (χ0n) is 15.8. The lowest BCUT2D eigenvalue weighted by molar-refractivity contribution is 0.0544. The second kappa shape index (κ2) is 8.57. The predicted octanol–water partition coefficient (Wildman–Crippen LogP) is 4.70. The van der Waals surface area contributed by atoms with Crippen molar-refractivity contribution in [3.05, 3.63) is 86.8 Å². The minimum Gasteiger partial charge on any atom is -0.381 e. The Bertz CT molecular complexity index is 1030. The van der Waals surface area contributed by atoms with Crippen LogP contribution in [0.1, 0.15) is 18.4 Å². The van der Waals surface area contributed by atoms with E-state index in [1.54, 1.807) is 30.5 Å². The highest BCUT2D eigenvalue weighted by Gasteiger charge is 2.34. The average molecular weight is 430 g/mol. The number of aromatic nitrogens is 2. The molecular formula is C22H21Cl2N3O2. The van der Waals surface area contributed by atoms with Crippen LogP contribution in [0, 0.1) is 0 Å². The standard InChI is InChI=1S/C22H21Cl2N3O2/c23-17-6-8-18(9-7-17)27-21(28)20(24)19(14-26-27)25-15-22(10-12-29-13-11-22)16-4-2-1-3-5-16/h1-9,14,25H,10-13,15H2. The van der Waals surface area contributed by atoms with E-state index in [-0.39, 0.29) is 16.0 Å². The molecule has 3 aromatic rings. The molecule has 0 radical (unpaired) electrons. The highest BCUT2D eigenvalue weighted by Crippen LogP contribution is 2.35. The van der Waals surface area contributed by atoms with E-state index in [2.05, 4.69) is 22.5 Å². The second-order valence-electron chi connectivity index (χ2n) is 7.18. The zero-order valence-corrected chi connectivity index (χ0v) is 17.3. The summed E-state index contributed by atoms with van der Waals surface area (Å²) in [5, 5.41) is 8.36. The van der Waals surface area contributed by atoms with Crippen molar-refractivity contribution in [3.63, 3.8) is 0 Å². The van der Waals surface area contributed by atoms with Gasteiger partial charge in [-0.25, -0.2) is 0 Å². The molecule has 0 atom stereocenters. The third kappa shape index (κ3) is 4.17. The van der Waals surface area contributed by atoms with Gasteiger partial charge >= 0.3 is 0 Å². The molecule has 0 bridgehead atoms. The van der Waals surface area contributed by atoms with Crippen molar-refractivity contribution in [2.45, 2.75) is 18.3 Å². The van der Waals surface area contributed by atoms with E-state index in [0.717, 1.165) is 12.8 Å². The van der Waals surface area contributed by atoms with Crippen molar-refractivity contribution < 1.29 is 4.74 Å². The maximum absolute atomic E-state index is 12.8. The van der Waals surface area contributed by atoms with E-state index in [9.17, 15) is 4.79 Å².